The van der Waals surface area contributed by atoms with E-state index in [4.69, 9.17) is 4.74 Å². The van der Waals surface area contributed by atoms with Crippen LogP contribution in [0.4, 0.5) is 14.9 Å². The number of carbonyl (C=O) groups excluding carboxylic acids is 1. The van der Waals surface area contributed by atoms with Gasteiger partial charge in [-0.1, -0.05) is 0 Å². The molecule has 180 valence electrons. The Hall–Kier alpha value is -1.87. The molecule has 7 nitrogen and oxygen atoms in total. The van der Waals surface area contributed by atoms with Gasteiger partial charge in [0.1, 0.15) is 16.3 Å². The maximum absolute atomic E-state index is 14.2. The molecule has 0 saturated carbocycles. The molecule has 0 radical (unpaired) electrons. The summed E-state index contributed by atoms with van der Waals surface area (Å²) in [6, 6.07) is 4.37. The van der Waals surface area contributed by atoms with Crippen molar-refractivity contribution in [3.63, 3.8) is 0 Å². The summed E-state index contributed by atoms with van der Waals surface area (Å²) in [5, 5.41) is 0. The van der Waals surface area contributed by atoms with Crippen molar-refractivity contribution in [3.8, 4) is 0 Å². The summed E-state index contributed by atoms with van der Waals surface area (Å²) in [5.74, 6) is -0.0745. The molecule has 0 unspecified atom stereocenters. The maximum Gasteiger partial charge on any atom is 0.410 e. The van der Waals surface area contributed by atoms with Crippen molar-refractivity contribution in [2.75, 3.05) is 57.0 Å². The average Bonchev–Trinajstić information content (AvgIpc) is 2.71. The van der Waals surface area contributed by atoms with E-state index in [0.29, 0.717) is 5.92 Å². The van der Waals surface area contributed by atoms with E-state index in [2.05, 4.69) is 9.80 Å². The van der Waals surface area contributed by atoms with Crippen molar-refractivity contribution in [1.82, 2.24) is 9.80 Å². The van der Waals surface area contributed by atoms with Crippen LogP contribution in [0.3, 0.4) is 0 Å². The molecule has 0 N–H and O–H groups in total. The normalized spacial score (nSPS) is 19.3. The Morgan fingerprint density at radius 3 is 2.25 bits per heavy atom. The lowest BCUT2D eigenvalue weighted by atomic mass is 9.93. The molecule has 2 saturated heterocycles. The Morgan fingerprint density at radius 2 is 1.72 bits per heavy atom. The Kier molecular flexibility index (Phi) is 7.70. The maximum atomic E-state index is 14.2. The van der Waals surface area contributed by atoms with E-state index in [9.17, 15) is 17.6 Å². The van der Waals surface area contributed by atoms with Crippen LogP contribution in [0.1, 0.15) is 40.0 Å². The Balaban J connectivity index is 1.40. The summed E-state index contributed by atoms with van der Waals surface area (Å²) in [6.07, 6.45) is 3.93. The number of halogens is 1. The van der Waals surface area contributed by atoms with E-state index < -0.39 is 21.3 Å². The standard InChI is InChI=1S/C23H36FN3O4S/c1-23(2,3)31-22(28)27-11-8-18(9-12-27)7-10-25-13-15-26(16-14-25)19-5-6-21(20(24)17-19)32(4,29)30/h5-6,17-18H,7-16H2,1-4H3. The van der Waals surface area contributed by atoms with Gasteiger partial charge in [0.15, 0.2) is 9.84 Å². The number of benzene rings is 1. The predicted molar refractivity (Wildman–Crippen MR) is 123 cm³/mol. The smallest absolute Gasteiger partial charge is 0.410 e. The van der Waals surface area contributed by atoms with Crippen molar-refractivity contribution < 1.29 is 22.3 Å². The van der Waals surface area contributed by atoms with Gasteiger partial charge >= 0.3 is 6.09 Å². The third kappa shape index (κ3) is 6.81. The van der Waals surface area contributed by atoms with Crippen molar-refractivity contribution in [1.29, 1.82) is 0 Å². The van der Waals surface area contributed by atoms with Gasteiger partial charge in [-0.25, -0.2) is 17.6 Å². The summed E-state index contributed by atoms with van der Waals surface area (Å²) >= 11 is 0. The summed E-state index contributed by atoms with van der Waals surface area (Å²) < 4.78 is 42.9. The SMILES string of the molecule is CC(C)(C)OC(=O)N1CCC(CCN2CCN(c3ccc(S(C)(=O)=O)c(F)c3)CC2)CC1. The number of carbonyl (C=O) groups is 1. The monoisotopic (exact) mass is 469 g/mol. The number of piperidine rings is 1. The topological polar surface area (TPSA) is 70.2 Å². The van der Waals surface area contributed by atoms with Gasteiger partial charge in [-0.05, 0) is 70.7 Å². The lowest BCUT2D eigenvalue weighted by Crippen LogP contribution is -2.47. The van der Waals surface area contributed by atoms with Gasteiger partial charge in [-0.15, -0.1) is 0 Å². The van der Waals surface area contributed by atoms with Crippen LogP contribution in [0.25, 0.3) is 0 Å². The van der Waals surface area contributed by atoms with E-state index in [1.807, 2.05) is 25.7 Å². The highest BCUT2D eigenvalue weighted by Gasteiger charge is 2.27. The van der Waals surface area contributed by atoms with Gasteiger partial charge < -0.3 is 14.5 Å². The first kappa shape index (κ1) is 24.8. The highest BCUT2D eigenvalue weighted by atomic mass is 32.2. The molecule has 0 aliphatic carbocycles. The fourth-order valence-corrected chi connectivity index (χ4v) is 5.04. The number of likely N-dealkylation sites (tertiary alicyclic amines) is 1. The second-order valence-electron chi connectivity index (χ2n) is 9.92. The summed E-state index contributed by atoms with van der Waals surface area (Å²) in [7, 11) is -3.55. The van der Waals surface area contributed by atoms with Crippen LogP contribution in [0, 0.1) is 11.7 Å². The molecule has 9 heteroatoms. The summed E-state index contributed by atoms with van der Waals surface area (Å²) in [6.45, 7) is 11.6. The van der Waals surface area contributed by atoms with Gasteiger partial charge in [-0.2, -0.15) is 0 Å². The fourth-order valence-electron chi connectivity index (χ4n) is 4.31. The van der Waals surface area contributed by atoms with Gasteiger partial charge in [0.2, 0.25) is 0 Å². The predicted octanol–water partition coefficient (Wildman–Crippen LogP) is 3.39. The molecule has 0 aromatic heterocycles. The van der Waals surface area contributed by atoms with E-state index in [1.54, 1.807) is 6.07 Å². The Labute approximate surface area is 191 Å². The third-order valence-corrected chi connectivity index (χ3v) is 7.30. The zero-order chi connectivity index (χ0) is 23.5. The van der Waals surface area contributed by atoms with Crippen LogP contribution in [-0.2, 0) is 14.6 Å². The van der Waals surface area contributed by atoms with Gasteiger partial charge in [0.25, 0.3) is 0 Å². The highest BCUT2D eigenvalue weighted by molar-refractivity contribution is 7.90. The minimum absolute atomic E-state index is 0.215. The van der Waals surface area contributed by atoms with Gasteiger partial charge in [0.05, 0.1) is 0 Å². The number of anilines is 1. The van der Waals surface area contributed by atoms with E-state index in [-0.39, 0.29) is 11.0 Å². The van der Waals surface area contributed by atoms with Crippen LogP contribution in [-0.4, -0.2) is 82.0 Å². The average molecular weight is 470 g/mol. The minimum atomic E-state index is -3.55. The van der Waals surface area contributed by atoms with Crippen LogP contribution >= 0.6 is 0 Å². The van der Waals surface area contributed by atoms with E-state index >= 15 is 0 Å². The first-order chi connectivity index (χ1) is 14.9. The summed E-state index contributed by atoms with van der Waals surface area (Å²) in [5.41, 5.74) is 0.265. The van der Waals surface area contributed by atoms with Crippen molar-refractivity contribution in [2.24, 2.45) is 5.92 Å². The number of hydrogen-bond donors (Lipinski definition) is 0. The molecule has 2 fully saturated rings. The van der Waals surface area contributed by atoms with Crippen LogP contribution in [0.2, 0.25) is 0 Å². The minimum Gasteiger partial charge on any atom is -0.444 e. The number of ether oxygens (including phenoxy) is 1. The van der Waals surface area contributed by atoms with Gasteiger partial charge in [-0.3, -0.25) is 4.90 Å². The Morgan fingerprint density at radius 1 is 1.09 bits per heavy atom. The molecule has 0 bridgehead atoms. The zero-order valence-electron chi connectivity index (χ0n) is 19.6. The fraction of sp³-hybridized carbons (Fsp3) is 0.696. The molecular weight excluding hydrogens is 433 g/mol. The number of nitrogens with zero attached hydrogens (tertiary/aromatic N) is 3. The van der Waals surface area contributed by atoms with Crippen molar-refractivity contribution >= 4 is 21.6 Å². The van der Waals surface area contributed by atoms with E-state index in [1.165, 1.54) is 12.1 Å². The van der Waals surface area contributed by atoms with Crippen LogP contribution < -0.4 is 4.90 Å². The number of piperazine rings is 1. The van der Waals surface area contributed by atoms with Crippen LogP contribution in [0.5, 0.6) is 0 Å². The number of rotatable bonds is 5. The first-order valence-corrected chi connectivity index (χ1v) is 13.3. The molecule has 3 rings (SSSR count). The Bertz CT molecular complexity index is 900. The molecule has 0 spiro atoms. The molecule has 0 atom stereocenters. The first-order valence-electron chi connectivity index (χ1n) is 11.4. The number of sulfone groups is 1. The molecule has 32 heavy (non-hydrogen) atoms. The second-order valence-corrected chi connectivity index (χ2v) is 11.9. The van der Waals surface area contributed by atoms with Crippen molar-refractivity contribution in [2.45, 2.75) is 50.5 Å². The summed E-state index contributed by atoms with van der Waals surface area (Å²) in [4.78, 5) is 18.3. The quantitative estimate of drug-likeness (QED) is 0.658. The molecule has 1 aromatic carbocycles. The number of amides is 1. The number of hydrogen-bond acceptors (Lipinski definition) is 6. The molecule has 1 aromatic rings. The molecule has 1 amide bonds. The highest BCUT2D eigenvalue weighted by Crippen LogP contribution is 2.25. The lowest BCUT2D eigenvalue weighted by Gasteiger charge is -2.38. The molecule has 2 aliphatic rings. The van der Waals surface area contributed by atoms with Crippen LogP contribution in [0.15, 0.2) is 23.1 Å². The van der Waals surface area contributed by atoms with E-state index in [0.717, 1.165) is 77.0 Å². The molecule has 2 heterocycles. The second kappa shape index (κ2) is 9.95. The third-order valence-electron chi connectivity index (χ3n) is 6.17. The zero-order valence-corrected chi connectivity index (χ0v) is 20.5. The molecular formula is C23H36FN3O4S. The molecule has 2 aliphatic heterocycles. The van der Waals surface area contributed by atoms with Crippen molar-refractivity contribution in [3.05, 3.63) is 24.0 Å². The lowest BCUT2D eigenvalue weighted by molar-refractivity contribution is 0.0177. The van der Waals surface area contributed by atoms with Gasteiger partial charge in [0, 0.05) is 51.2 Å². The largest absolute Gasteiger partial charge is 0.444 e.